The standard InChI is InChI=1S/C25H29N3O5/c1-17-5-7-19(8-6-17)22-23(27(13-15-32-3)14-16-33-4)25(31)28(24(22)30)21-11-9-20(10-12-21)26-18(2)29/h5-12H,13-16H2,1-4H3,(H,26,29). The molecule has 1 aliphatic rings. The predicted molar refractivity (Wildman–Crippen MR) is 127 cm³/mol. The zero-order chi connectivity index (χ0) is 24.0. The Morgan fingerprint density at radius 1 is 0.909 bits per heavy atom. The van der Waals surface area contributed by atoms with Gasteiger partial charge in [0.25, 0.3) is 11.8 Å². The molecule has 1 N–H and O–H groups in total. The van der Waals surface area contributed by atoms with E-state index < -0.39 is 11.8 Å². The molecular formula is C25H29N3O5. The minimum Gasteiger partial charge on any atom is -0.383 e. The summed E-state index contributed by atoms with van der Waals surface area (Å²) in [5.74, 6) is -1.00. The summed E-state index contributed by atoms with van der Waals surface area (Å²) in [4.78, 5) is 41.6. The van der Waals surface area contributed by atoms with Gasteiger partial charge in [0.05, 0.1) is 24.5 Å². The van der Waals surface area contributed by atoms with Crippen molar-refractivity contribution in [2.75, 3.05) is 50.7 Å². The third kappa shape index (κ3) is 5.47. The van der Waals surface area contributed by atoms with Gasteiger partial charge in [-0.2, -0.15) is 0 Å². The van der Waals surface area contributed by atoms with Crippen molar-refractivity contribution in [3.63, 3.8) is 0 Å². The Hall–Kier alpha value is -3.49. The average Bonchev–Trinajstić information content (AvgIpc) is 3.05. The number of hydrogen-bond donors (Lipinski definition) is 1. The quantitative estimate of drug-likeness (QED) is 0.559. The molecule has 0 radical (unpaired) electrons. The second kappa shape index (κ2) is 10.9. The van der Waals surface area contributed by atoms with Crippen LogP contribution < -0.4 is 10.2 Å². The van der Waals surface area contributed by atoms with Crippen LogP contribution >= 0.6 is 0 Å². The van der Waals surface area contributed by atoms with E-state index in [4.69, 9.17) is 9.47 Å². The van der Waals surface area contributed by atoms with Crippen molar-refractivity contribution >= 4 is 34.7 Å². The first-order chi connectivity index (χ1) is 15.9. The minimum absolute atomic E-state index is 0.200. The zero-order valence-corrected chi connectivity index (χ0v) is 19.4. The maximum absolute atomic E-state index is 13.7. The lowest BCUT2D eigenvalue weighted by molar-refractivity contribution is -0.121. The van der Waals surface area contributed by atoms with Crippen LogP contribution in [0.25, 0.3) is 5.57 Å². The summed E-state index contributed by atoms with van der Waals surface area (Å²) in [6, 6.07) is 14.1. The number of nitrogens with zero attached hydrogens (tertiary/aromatic N) is 2. The fourth-order valence-corrected chi connectivity index (χ4v) is 3.66. The van der Waals surface area contributed by atoms with Gasteiger partial charge in [-0.1, -0.05) is 29.8 Å². The number of benzene rings is 2. The summed E-state index contributed by atoms with van der Waals surface area (Å²) in [7, 11) is 3.18. The molecule has 0 aromatic heterocycles. The highest BCUT2D eigenvalue weighted by Crippen LogP contribution is 2.35. The predicted octanol–water partition coefficient (Wildman–Crippen LogP) is 2.83. The molecule has 8 heteroatoms. The molecular weight excluding hydrogens is 422 g/mol. The molecule has 3 amide bonds. The van der Waals surface area contributed by atoms with E-state index in [1.807, 2.05) is 36.1 Å². The number of methoxy groups -OCH3 is 2. The van der Waals surface area contributed by atoms with Gasteiger partial charge >= 0.3 is 0 Å². The van der Waals surface area contributed by atoms with Crippen LogP contribution in [0.1, 0.15) is 18.1 Å². The van der Waals surface area contributed by atoms with Crippen LogP contribution in [-0.4, -0.2) is 63.1 Å². The molecule has 1 aliphatic heterocycles. The van der Waals surface area contributed by atoms with Gasteiger partial charge < -0.3 is 19.7 Å². The Bertz CT molecular complexity index is 1040. The van der Waals surface area contributed by atoms with Gasteiger partial charge in [0, 0.05) is 39.9 Å². The number of rotatable bonds is 10. The summed E-state index contributed by atoms with van der Waals surface area (Å²) in [5, 5.41) is 2.68. The van der Waals surface area contributed by atoms with Gasteiger partial charge in [-0.3, -0.25) is 14.4 Å². The number of ether oxygens (including phenoxy) is 2. The van der Waals surface area contributed by atoms with E-state index in [2.05, 4.69) is 5.32 Å². The van der Waals surface area contributed by atoms with Crippen molar-refractivity contribution in [2.24, 2.45) is 0 Å². The third-order valence-corrected chi connectivity index (χ3v) is 5.29. The van der Waals surface area contributed by atoms with Crippen LogP contribution in [0.15, 0.2) is 54.2 Å². The van der Waals surface area contributed by atoms with Crippen LogP contribution in [0.5, 0.6) is 0 Å². The monoisotopic (exact) mass is 451 g/mol. The van der Waals surface area contributed by atoms with Gasteiger partial charge in [-0.05, 0) is 36.8 Å². The maximum Gasteiger partial charge on any atom is 0.282 e. The van der Waals surface area contributed by atoms with E-state index in [0.29, 0.717) is 54.5 Å². The molecule has 0 fully saturated rings. The number of hydrogen-bond acceptors (Lipinski definition) is 6. The fourth-order valence-electron chi connectivity index (χ4n) is 3.66. The number of anilines is 2. The molecule has 174 valence electrons. The molecule has 0 saturated heterocycles. The summed E-state index contributed by atoms with van der Waals surface area (Å²) in [6.45, 7) is 5.02. The highest BCUT2D eigenvalue weighted by atomic mass is 16.5. The Kier molecular flexibility index (Phi) is 7.97. The Balaban J connectivity index is 2.06. The number of nitrogens with one attached hydrogen (secondary N) is 1. The van der Waals surface area contributed by atoms with Crippen LogP contribution in [0.3, 0.4) is 0 Å². The largest absolute Gasteiger partial charge is 0.383 e. The fraction of sp³-hybridized carbons (Fsp3) is 0.320. The molecule has 3 rings (SSSR count). The molecule has 0 aliphatic carbocycles. The first kappa shape index (κ1) is 24.2. The second-order valence-corrected chi connectivity index (χ2v) is 7.74. The second-order valence-electron chi connectivity index (χ2n) is 7.74. The molecule has 0 atom stereocenters. The number of aryl methyl sites for hydroxylation is 1. The van der Waals surface area contributed by atoms with Crippen LogP contribution in [0, 0.1) is 6.92 Å². The summed E-state index contributed by atoms with van der Waals surface area (Å²) < 4.78 is 10.5. The highest BCUT2D eigenvalue weighted by Gasteiger charge is 2.42. The molecule has 0 bridgehead atoms. The minimum atomic E-state index is -0.407. The molecule has 2 aromatic carbocycles. The molecule has 33 heavy (non-hydrogen) atoms. The van der Waals surface area contributed by atoms with Gasteiger partial charge in [0.15, 0.2) is 0 Å². The van der Waals surface area contributed by atoms with E-state index >= 15 is 0 Å². The third-order valence-electron chi connectivity index (χ3n) is 5.29. The first-order valence-electron chi connectivity index (χ1n) is 10.7. The smallest absolute Gasteiger partial charge is 0.282 e. The van der Waals surface area contributed by atoms with Crippen molar-refractivity contribution in [3.05, 3.63) is 65.4 Å². The van der Waals surface area contributed by atoms with E-state index in [0.717, 1.165) is 5.56 Å². The number of imide groups is 1. The maximum atomic E-state index is 13.7. The Morgan fingerprint density at radius 2 is 1.48 bits per heavy atom. The van der Waals surface area contributed by atoms with E-state index in [9.17, 15) is 14.4 Å². The lowest BCUT2D eigenvalue weighted by Crippen LogP contribution is -2.37. The average molecular weight is 452 g/mol. The van der Waals surface area contributed by atoms with E-state index in [1.165, 1.54) is 11.8 Å². The van der Waals surface area contributed by atoms with Crippen molar-refractivity contribution in [2.45, 2.75) is 13.8 Å². The molecule has 1 heterocycles. The Morgan fingerprint density at radius 3 is 2.00 bits per heavy atom. The van der Waals surface area contributed by atoms with Crippen molar-refractivity contribution in [1.29, 1.82) is 0 Å². The lowest BCUT2D eigenvalue weighted by Gasteiger charge is -2.25. The molecule has 8 nitrogen and oxygen atoms in total. The van der Waals surface area contributed by atoms with Gasteiger partial charge in [0.1, 0.15) is 5.70 Å². The van der Waals surface area contributed by atoms with Crippen LogP contribution in [-0.2, 0) is 23.9 Å². The van der Waals surface area contributed by atoms with E-state index in [1.54, 1.807) is 38.5 Å². The van der Waals surface area contributed by atoms with Gasteiger partial charge in [0.2, 0.25) is 5.91 Å². The van der Waals surface area contributed by atoms with Crippen LogP contribution in [0.4, 0.5) is 11.4 Å². The summed E-state index contributed by atoms with van der Waals surface area (Å²) in [5.41, 5.74) is 3.41. The van der Waals surface area contributed by atoms with Crippen molar-refractivity contribution in [1.82, 2.24) is 4.90 Å². The summed E-state index contributed by atoms with van der Waals surface area (Å²) >= 11 is 0. The number of carbonyl (C=O) groups is 3. The number of amides is 3. The first-order valence-corrected chi connectivity index (χ1v) is 10.7. The van der Waals surface area contributed by atoms with E-state index in [-0.39, 0.29) is 5.91 Å². The Labute approximate surface area is 193 Å². The van der Waals surface area contributed by atoms with Crippen LogP contribution in [0.2, 0.25) is 0 Å². The lowest BCUT2D eigenvalue weighted by atomic mass is 10.0. The number of carbonyl (C=O) groups excluding carboxylic acids is 3. The van der Waals surface area contributed by atoms with Crippen molar-refractivity contribution < 1.29 is 23.9 Å². The molecule has 2 aromatic rings. The van der Waals surface area contributed by atoms with Gasteiger partial charge in [-0.25, -0.2) is 4.90 Å². The summed E-state index contributed by atoms with van der Waals surface area (Å²) in [6.07, 6.45) is 0. The topological polar surface area (TPSA) is 88.2 Å². The molecule has 0 saturated carbocycles. The highest BCUT2D eigenvalue weighted by molar-refractivity contribution is 6.45. The van der Waals surface area contributed by atoms with Crippen molar-refractivity contribution in [3.8, 4) is 0 Å². The zero-order valence-electron chi connectivity index (χ0n) is 19.4. The molecule has 0 spiro atoms. The molecule has 0 unspecified atom stereocenters. The SMILES string of the molecule is COCCN(CCOC)C1=C(c2ccc(C)cc2)C(=O)N(c2ccc(NC(C)=O)cc2)C1=O. The normalized spacial score (nSPS) is 13.6. The van der Waals surface area contributed by atoms with Gasteiger partial charge in [-0.15, -0.1) is 0 Å².